The van der Waals surface area contributed by atoms with Crippen LogP contribution in [0.1, 0.15) is 48.0 Å². The molecule has 0 aromatic carbocycles. The molecule has 0 radical (unpaired) electrons. The van der Waals surface area contributed by atoms with E-state index in [1.54, 1.807) is 13.8 Å². The number of carbonyl (C=O) groups excluding carboxylic acids is 1. The molecule has 0 saturated carbocycles. The summed E-state index contributed by atoms with van der Waals surface area (Å²) in [6, 6.07) is 0. The SMILES string of the molecule is CCc1c(C)sc(NC(=O)CC(C)(C)C(F)(F)F)c1C(=O)O. The Morgan fingerprint density at radius 3 is 2.23 bits per heavy atom. The lowest BCUT2D eigenvalue weighted by Crippen LogP contribution is -2.35. The van der Waals surface area contributed by atoms with Crippen LogP contribution in [-0.4, -0.2) is 23.2 Å². The molecule has 1 rings (SSSR count). The van der Waals surface area contributed by atoms with Crippen molar-refractivity contribution in [3.63, 3.8) is 0 Å². The van der Waals surface area contributed by atoms with Crippen molar-refractivity contribution in [3.05, 3.63) is 16.0 Å². The summed E-state index contributed by atoms with van der Waals surface area (Å²) in [5, 5.41) is 11.6. The molecule has 1 amide bonds. The average molecular weight is 337 g/mol. The smallest absolute Gasteiger partial charge is 0.394 e. The van der Waals surface area contributed by atoms with Crippen molar-refractivity contribution in [2.75, 3.05) is 5.32 Å². The van der Waals surface area contributed by atoms with E-state index in [2.05, 4.69) is 5.32 Å². The molecule has 0 atom stereocenters. The molecule has 8 heteroatoms. The first-order chi connectivity index (χ1) is 9.90. The molecule has 124 valence electrons. The lowest BCUT2D eigenvalue weighted by atomic mass is 9.88. The fourth-order valence-corrected chi connectivity index (χ4v) is 3.14. The van der Waals surface area contributed by atoms with Crippen molar-refractivity contribution in [1.29, 1.82) is 0 Å². The number of amides is 1. The van der Waals surface area contributed by atoms with Crippen LogP contribution in [0.25, 0.3) is 0 Å². The molecule has 4 nitrogen and oxygen atoms in total. The molecule has 0 saturated heterocycles. The molecule has 0 fully saturated rings. The number of halogens is 3. The quantitative estimate of drug-likeness (QED) is 0.845. The molecule has 2 N–H and O–H groups in total. The Labute approximate surface area is 130 Å². The number of hydrogen-bond acceptors (Lipinski definition) is 3. The van der Waals surface area contributed by atoms with Gasteiger partial charge < -0.3 is 10.4 Å². The number of nitrogens with one attached hydrogen (secondary N) is 1. The highest BCUT2D eigenvalue weighted by Gasteiger charge is 2.48. The number of alkyl halides is 3. The van der Waals surface area contributed by atoms with Gasteiger partial charge in [0.1, 0.15) is 5.00 Å². The first kappa shape index (κ1) is 18.5. The van der Waals surface area contributed by atoms with Gasteiger partial charge in [-0.2, -0.15) is 13.2 Å². The second-order valence-corrected chi connectivity index (χ2v) is 6.83. The summed E-state index contributed by atoms with van der Waals surface area (Å²) in [5.74, 6) is -2.06. The summed E-state index contributed by atoms with van der Waals surface area (Å²) >= 11 is 1.06. The Kier molecular flexibility index (Phi) is 5.27. The molecule has 0 unspecified atom stereocenters. The van der Waals surface area contributed by atoms with Gasteiger partial charge in [0, 0.05) is 11.3 Å². The fourth-order valence-electron chi connectivity index (χ4n) is 1.99. The number of hydrogen-bond donors (Lipinski definition) is 2. The predicted molar refractivity (Wildman–Crippen MR) is 78.5 cm³/mol. The van der Waals surface area contributed by atoms with Crippen LogP contribution >= 0.6 is 11.3 Å². The van der Waals surface area contributed by atoms with E-state index in [1.807, 2.05) is 0 Å². The van der Waals surface area contributed by atoms with E-state index in [1.165, 1.54) is 0 Å². The predicted octanol–water partition coefficient (Wildman–Crippen LogP) is 4.23. The minimum absolute atomic E-state index is 0.0387. The van der Waals surface area contributed by atoms with Gasteiger partial charge in [-0.1, -0.05) is 20.8 Å². The highest BCUT2D eigenvalue weighted by Crippen LogP contribution is 2.41. The monoisotopic (exact) mass is 337 g/mol. The third kappa shape index (κ3) is 3.79. The van der Waals surface area contributed by atoms with Gasteiger partial charge in [0.15, 0.2) is 0 Å². The van der Waals surface area contributed by atoms with E-state index in [4.69, 9.17) is 0 Å². The summed E-state index contributed by atoms with van der Waals surface area (Å²) in [7, 11) is 0. The van der Waals surface area contributed by atoms with Crippen LogP contribution in [0, 0.1) is 12.3 Å². The maximum absolute atomic E-state index is 12.8. The number of carboxylic acid groups (broad SMARTS) is 1. The topological polar surface area (TPSA) is 66.4 Å². The van der Waals surface area contributed by atoms with Crippen molar-refractivity contribution in [2.45, 2.75) is 46.7 Å². The van der Waals surface area contributed by atoms with E-state index < -0.39 is 29.9 Å². The first-order valence-electron chi connectivity index (χ1n) is 6.62. The highest BCUT2D eigenvalue weighted by molar-refractivity contribution is 7.16. The van der Waals surface area contributed by atoms with Crippen molar-refractivity contribution in [1.82, 2.24) is 0 Å². The third-order valence-corrected chi connectivity index (χ3v) is 4.46. The molecule has 22 heavy (non-hydrogen) atoms. The highest BCUT2D eigenvalue weighted by atomic mass is 32.1. The Morgan fingerprint density at radius 2 is 1.82 bits per heavy atom. The zero-order chi connectivity index (χ0) is 17.3. The van der Waals surface area contributed by atoms with Gasteiger partial charge in [0.2, 0.25) is 5.91 Å². The summed E-state index contributed by atoms with van der Waals surface area (Å²) in [4.78, 5) is 23.9. The Balaban J connectivity index is 3.01. The number of aryl methyl sites for hydroxylation is 1. The molecule has 1 aromatic rings. The second-order valence-electron chi connectivity index (χ2n) is 5.61. The molecule has 1 heterocycles. The summed E-state index contributed by atoms with van der Waals surface area (Å²) in [5.41, 5.74) is -1.63. The van der Waals surface area contributed by atoms with Gasteiger partial charge in [-0.25, -0.2) is 4.79 Å². The number of anilines is 1. The summed E-state index contributed by atoms with van der Waals surface area (Å²) in [6.45, 7) is 5.36. The number of carboxylic acids is 1. The maximum atomic E-state index is 12.8. The van der Waals surface area contributed by atoms with Crippen LogP contribution in [0.15, 0.2) is 0 Å². The minimum atomic E-state index is -4.51. The lowest BCUT2D eigenvalue weighted by molar-refractivity contribution is -0.213. The largest absolute Gasteiger partial charge is 0.478 e. The number of thiophene rings is 1. The molecule has 0 bridgehead atoms. The van der Waals surface area contributed by atoms with Crippen LogP contribution in [-0.2, 0) is 11.2 Å². The van der Waals surface area contributed by atoms with Gasteiger partial charge >= 0.3 is 12.1 Å². The molecule has 1 aromatic heterocycles. The van der Waals surface area contributed by atoms with Crippen LogP contribution in [0.2, 0.25) is 0 Å². The number of aromatic carboxylic acids is 1. The van der Waals surface area contributed by atoms with Crippen molar-refractivity contribution < 1.29 is 27.9 Å². The molecule has 0 aliphatic rings. The normalized spacial score (nSPS) is 12.3. The van der Waals surface area contributed by atoms with E-state index in [0.717, 1.165) is 30.1 Å². The molecule has 0 spiro atoms. The standard InChI is InChI=1S/C14H18F3NO3S/c1-5-8-7(2)22-11(10(8)12(20)21)18-9(19)6-13(3,4)14(15,16)17/h5-6H2,1-4H3,(H,18,19)(H,20,21). The van der Waals surface area contributed by atoms with Gasteiger partial charge in [0.25, 0.3) is 0 Å². The average Bonchev–Trinajstić information content (AvgIpc) is 2.62. The van der Waals surface area contributed by atoms with E-state index >= 15 is 0 Å². The van der Waals surface area contributed by atoms with E-state index in [9.17, 15) is 27.9 Å². The van der Waals surface area contributed by atoms with Crippen molar-refractivity contribution in [2.24, 2.45) is 5.41 Å². The van der Waals surface area contributed by atoms with Crippen molar-refractivity contribution >= 4 is 28.2 Å². The third-order valence-electron chi connectivity index (χ3n) is 3.40. The van der Waals surface area contributed by atoms with Crippen molar-refractivity contribution in [3.8, 4) is 0 Å². The van der Waals surface area contributed by atoms with Crippen LogP contribution in [0.5, 0.6) is 0 Å². The summed E-state index contributed by atoms with van der Waals surface area (Å²) < 4.78 is 38.4. The number of carbonyl (C=O) groups is 2. The van der Waals surface area contributed by atoms with Crippen LogP contribution in [0.4, 0.5) is 18.2 Å². The molecule has 0 aliphatic heterocycles. The Bertz CT molecular complexity index is 591. The second kappa shape index (κ2) is 6.28. The van der Waals surface area contributed by atoms with Gasteiger partial charge in [-0.3, -0.25) is 4.79 Å². The van der Waals surface area contributed by atoms with Gasteiger partial charge in [-0.15, -0.1) is 11.3 Å². The first-order valence-corrected chi connectivity index (χ1v) is 7.44. The van der Waals surface area contributed by atoms with E-state index in [0.29, 0.717) is 12.0 Å². The van der Waals surface area contributed by atoms with Crippen LogP contribution < -0.4 is 5.32 Å². The fraction of sp³-hybridized carbons (Fsp3) is 0.571. The van der Waals surface area contributed by atoms with Crippen LogP contribution in [0.3, 0.4) is 0 Å². The zero-order valence-electron chi connectivity index (χ0n) is 12.7. The minimum Gasteiger partial charge on any atom is -0.478 e. The Morgan fingerprint density at radius 1 is 1.27 bits per heavy atom. The molecular formula is C14H18F3NO3S. The lowest BCUT2D eigenvalue weighted by Gasteiger charge is -2.26. The zero-order valence-corrected chi connectivity index (χ0v) is 13.5. The van der Waals surface area contributed by atoms with Gasteiger partial charge in [0.05, 0.1) is 11.0 Å². The Hall–Kier alpha value is -1.57. The molecule has 0 aliphatic carbocycles. The molecular weight excluding hydrogens is 319 g/mol. The van der Waals surface area contributed by atoms with E-state index in [-0.39, 0.29) is 10.6 Å². The maximum Gasteiger partial charge on any atom is 0.394 e. The van der Waals surface area contributed by atoms with Gasteiger partial charge in [-0.05, 0) is 18.9 Å². The number of rotatable bonds is 5. The summed E-state index contributed by atoms with van der Waals surface area (Å²) in [6.07, 6.45) is -4.82.